The molecular formula is C20H15F3N4O2. The Morgan fingerprint density at radius 1 is 1.21 bits per heavy atom. The molecule has 148 valence electrons. The highest BCUT2D eigenvalue weighted by molar-refractivity contribution is 5.89. The molecule has 2 heterocycles. The van der Waals surface area contributed by atoms with Crippen LogP contribution in [-0.4, -0.2) is 20.3 Å². The van der Waals surface area contributed by atoms with E-state index in [4.69, 9.17) is 5.26 Å². The molecule has 1 atom stereocenters. The van der Waals surface area contributed by atoms with Crippen LogP contribution in [-0.2, 0) is 13.0 Å². The van der Waals surface area contributed by atoms with Gasteiger partial charge in [0, 0.05) is 34.1 Å². The van der Waals surface area contributed by atoms with Crippen molar-refractivity contribution in [1.82, 2.24) is 14.1 Å². The molecule has 1 aromatic carbocycles. The van der Waals surface area contributed by atoms with E-state index in [2.05, 4.69) is 4.98 Å². The maximum atomic E-state index is 13.3. The van der Waals surface area contributed by atoms with Gasteiger partial charge in [0.2, 0.25) is 0 Å². The summed E-state index contributed by atoms with van der Waals surface area (Å²) in [7, 11) is 0. The Kier molecular flexibility index (Phi) is 4.49. The van der Waals surface area contributed by atoms with Crippen molar-refractivity contribution in [3.63, 3.8) is 0 Å². The number of aromatic nitrogens is 3. The van der Waals surface area contributed by atoms with E-state index in [-0.39, 0.29) is 36.3 Å². The molecule has 9 heteroatoms. The highest BCUT2D eigenvalue weighted by Crippen LogP contribution is 2.38. The van der Waals surface area contributed by atoms with E-state index in [1.54, 1.807) is 30.5 Å². The summed E-state index contributed by atoms with van der Waals surface area (Å²) in [5.74, 6) is -1.04. The molecule has 0 radical (unpaired) electrons. The average Bonchev–Trinajstić information content (AvgIpc) is 3.07. The second kappa shape index (κ2) is 6.88. The lowest BCUT2D eigenvalue weighted by molar-refractivity contribution is -0.138. The van der Waals surface area contributed by atoms with Crippen molar-refractivity contribution in [1.29, 1.82) is 5.26 Å². The molecule has 1 aliphatic carbocycles. The van der Waals surface area contributed by atoms with Crippen LogP contribution < -0.4 is 11.2 Å². The second-order valence-electron chi connectivity index (χ2n) is 6.96. The minimum atomic E-state index is -4.44. The number of rotatable bonds is 3. The van der Waals surface area contributed by atoms with Crippen molar-refractivity contribution in [2.45, 2.75) is 37.9 Å². The third kappa shape index (κ3) is 3.20. The number of hydrogen-bond acceptors (Lipinski definition) is 4. The Bertz CT molecular complexity index is 1260. The van der Waals surface area contributed by atoms with Crippen LogP contribution >= 0.6 is 0 Å². The fourth-order valence-electron chi connectivity index (χ4n) is 4.06. The summed E-state index contributed by atoms with van der Waals surface area (Å²) in [5, 5.41) is 10.4. The third-order valence-corrected chi connectivity index (χ3v) is 5.23. The summed E-state index contributed by atoms with van der Waals surface area (Å²) in [4.78, 5) is 30.4. The van der Waals surface area contributed by atoms with Crippen molar-refractivity contribution in [3.8, 4) is 11.8 Å². The van der Waals surface area contributed by atoms with Gasteiger partial charge in [-0.25, -0.2) is 9.36 Å². The Morgan fingerprint density at radius 2 is 1.97 bits per heavy atom. The van der Waals surface area contributed by atoms with E-state index < -0.39 is 29.8 Å². The number of benzene rings is 1. The van der Waals surface area contributed by atoms with Gasteiger partial charge < -0.3 is 0 Å². The van der Waals surface area contributed by atoms with Gasteiger partial charge in [-0.15, -0.1) is 0 Å². The topological polar surface area (TPSA) is 80.7 Å². The van der Waals surface area contributed by atoms with Gasteiger partial charge in [0.25, 0.3) is 5.56 Å². The predicted octanol–water partition coefficient (Wildman–Crippen LogP) is 3.05. The van der Waals surface area contributed by atoms with Gasteiger partial charge in [-0.2, -0.15) is 18.4 Å². The van der Waals surface area contributed by atoms with Crippen LogP contribution in [0.1, 0.15) is 30.0 Å². The molecule has 4 rings (SSSR count). The number of fused-ring (bicyclic) bond motifs is 2. The molecule has 1 unspecified atom stereocenters. The lowest BCUT2D eigenvalue weighted by Gasteiger charge is -2.17. The monoisotopic (exact) mass is 400 g/mol. The molecule has 0 bridgehead atoms. The summed E-state index contributed by atoms with van der Waals surface area (Å²) >= 11 is 0. The zero-order chi connectivity index (χ0) is 20.8. The molecule has 3 aromatic rings. The fraction of sp³-hybridized carbons (Fsp3) is 0.300. The first-order valence-electron chi connectivity index (χ1n) is 8.97. The molecule has 6 nitrogen and oxygen atoms in total. The Hall–Kier alpha value is -3.41. The zero-order valence-corrected chi connectivity index (χ0v) is 15.1. The molecular weight excluding hydrogens is 385 g/mol. The molecule has 0 fully saturated rings. The minimum absolute atomic E-state index is 0.0369. The van der Waals surface area contributed by atoms with Crippen molar-refractivity contribution in [3.05, 3.63) is 68.8 Å². The van der Waals surface area contributed by atoms with Gasteiger partial charge in [-0.3, -0.25) is 14.3 Å². The molecule has 29 heavy (non-hydrogen) atoms. The van der Waals surface area contributed by atoms with Gasteiger partial charge >= 0.3 is 11.9 Å². The van der Waals surface area contributed by atoms with Gasteiger partial charge in [-0.05, 0) is 12.8 Å². The van der Waals surface area contributed by atoms with Gasteiger partial charge in [-0.1, -0.05) is 24.3 Å². The Morgan fingerprint density at radius 3 is 2.69 bits per heavy atom. The molecule has 0 saturated carbocycles. The highest BCUT2D eigenvalue weighted by Gasteiger charge is 2.39. The van der Waals surface area contributed by atoms with Crippen LogP contribution in [0.25, 0.3) is 16.5 Å². The number of nitriles is 1. The van der Waals surface area contributed by atoms with E-state index in [9.17, 15) is 22.8 Å². The Balaban J connectivity index is 2.05. The van der Waals surface area contributed by atoms with Crippen molar-refractivity contribution < 1.29 is 13.2 Å². The number of nitrogens with zero attached hydrogens (tertiary/aromatic N) is 4. The van der Waals surface area contributed by atoms with Crippen LogP contribution in [0.15, 0.2) is 46.2 Å². The molecule has 0 N–H and O–H groups in total. The Labute approximate surface area is 162 Å². The zero-order valence-electron chi connectivity index (χ0n) is 15.1. The molecule has 0 aliphatic heterocycles. The van der Waals surface area contributed by atoms with Gasteiger partial charge in [0.05, 0.1) is 24.4 Å². The molecule has 0 spiro atoms. The SMILES string of the molecule is N#CCn1c2c(c(=O)n(-c3cncc4ccccc34)c1=O)C(CC(F)(F)F)CC2. The first kappa shape index (κ1) is 18.9. The van der Waals surface area contributed by atoms with Crippen molar-refractivity contribution in [2.24, 2.45) is 0 Å². The lowest BCUT2D eigenvalue weighted by atomic mass is 9.99. The smallest absolute Gasteiger partial charge is 0.283 e. The standard InChI is InChI=1S/C20H15F3N4O2/c21-20(22,23)9-12-5-6-15-17(12)18(28)27(19(29)26(15)8-7-24)16-11-25-10-13-3-1-2-4-14(13)16/h1-4,10-12H,5-6,8-9H2. The summed E-state index contributed by atoms with van der Waals surface area (Å²) in [6, 6.07) is 8.82. The second-order valence-corrected chi connectivity index (χ2v) is 6.96. The molecule has 0 amide bonds. The largest absolute Gasteiger partial charge is 0.389 e. The molecule has 1 aliphatic rings. The predicted molar refractivity (Wildman–Crippen MR) is 98.9 cm³/mol. The van der Waals surface area contributed by atoms with Crippen LogP contribution in [0.3, 0.4) is 0 Å². The quantitative estimate of drug-likeness (QED) is 0.677. The first-order valence-corrected chi connectivity index (χ1v) is 8.97. The van der Waals surface area contributed by atoms with Crippen LogP contribution in [0.2, 0.25) is 0 Å². The summed E-state index contributed by atoms with van der Waals surface area (Å²) in [5.41, 5.74) is -1.15. The fourth-order valence-corrected chi connectivity index (χ4v) is 4.06. The number of alkyl halides is 3. The molecule has 0 saturated heterocycles. The number of pyridine rings is 1. The summed E-state index contributed by atoms with van der Waals surface area (Å²) in [6.45, 7) is -0.349. The van der Waals surface area contributed by atoms with Crippen molar-refractivity contribution >= 4 is 10.8 Å². The van der Waals surface area contributed by atoms with Crippen LogP contribution in [0, 0.1) is 11.3 Å². The number of hydrogen-bond donors (Lipinski definition) is 0. The van der Waals surface area contributed by atoms with Crippen LogP contribution in [0.5, 0.6) is 0 Å². The van der Waals surface area contributed by atoms with Crippen molar-refractivity contribution in [2.75, 3.05) is 0 Å². The van der Waals surface area contributed by atoms with E-state index in [0.717, 1.165) is 9.13 Å². The first-order chi connectivity index (χ1) is 13.8. The lowest BCUT2D eigenvalue weighted by Crippen LogP contribution is -2.42. The highest BCUT2D eigenvalue weighted by atomic mass is 19.4. The minimum Gasteiger partial charge on any atom is -0.283 e. The van der Waals surface area contributed by atoms with Crippen LogP contribution in [0.4, 0.5) is 13.2 Å². The maximum absolute atomic E-state index is 13.3. The van der Waals surface area contributed by atoms with Gasteiger partial charge in [0.1, 0.15) is 6.54 Å². The van der Waals surface area contributed by atoms with E-state index >= 15 is 0 Å². The maximum Gasteiger partial charge on any atom is 0.389 e. The molecule has 2 aromatic heterocycles. The van der Waals surface area contributed by atoms with Gasteiger partial charge in [0.15, 0.2) is 0 Å². The summed E-state index contributed by atoms with van der Waals surface area (Å²) < 4.78 is 41.1. The normalized spacial score (nSPS) is 16.0. The van der Waals surface area contributed by atoms with E-state index in [1.807, 2.05) is 6.07 Å². The third-order valence-electron chi connectivity index (χ3n) is 5.23. The van der Waals surface area contributed by atoms with E-state index in [0.29, 0.717) is 10.8 Å². The number of halogens is 3. The summed E-state index contributed by atoms with van der Waals surface area (Å²) in [6.07, 6.45) is -2.43. The average molecular weight is 400 g/mol. The van der Waals surface area contributed by atoms with E-state index in [1.165, 1.54) is 6.20 Å².